The average Bonchev–Trinajstić information content (AvgIpc) is 3.04. The Bertz CT molecular complexity index is 506. The standard InChI is InChI=1S/C18H33N5OS.HI/c1-3-19-18(21-9-6-10-23-11-13-24-14-12-23)20-8-5-4-7-17-22-16(2)15-25-17;/h15H,3-14H2,1-2H3,(H2,19,20,21);1H. The van der Waals surface area contributed by atoms with Crippen molar-refractivity contribution in [3.05, 3.63) is 16.1 Å². The van der Waals surface area contributed by atoms with E-state index in [0.717, 1.165) is 89.8 Å². The lowest BCUT2D eigenvalue weighted by Crippen LogP contribution is -2.38. The monoisotopic (exact) mass is 495 g/mol. The number of ether oxygens (including phenoxy) is 1. The molecule has 0 radical (unpaired) electrons. The predicted octanol–water partition coefficient (Wildman–Crippen LogP) is 2.67. The number of nitrogens with zero attached hydrogens (tertiary/aromatic N) is 3. The van der Waals surface area contributed by atoms with Crippen molar-refractivity contribution in [1.82, 2.24) is 20.5 Å². The summed E-state index contributed by atoms with van der Waals surface area (Å²) in [6.07, 6.45) is 4.47. The normalized spacial score (nSPS) is 15.5. The van der Waals surface area contributed by atoms with Crippen molar-refractivity contribution >= 4 is 41.3 Å². The Morgan fingerprint density at radius 1 is 1.27 bits per heavy atom. The van der Waals surface area contributed by atoms with Gasteiger partial charge >= 0.3 is 0 Å². The second-order valence-corrected chi connectivity index (χ2v) is 7.28. The first-order valence-corrected chi connectivity index (χ1v) is 10.4. The molecule has 6 nitrogen and oxygen atoms in total. The van der Waals surface area contributed by atoms with Crippen molar-refractivity contribution in [2.24, 2.45) is 4.99 Å². The second-order valence-electron chi connectivity index (χ2n) is 6.33. The largest absolute Gasteiger partial charge is 0.379 e. The Balaban J connectivity index is 0.00000338. The molecule has 0 aliphatic carbocycles. The lowest BCUT2D eigenvalue weighted by Gasteiger charge is -2.26. The summed E-state index contributed by atoms with van der Waals surface area (Å²) in [5.74, 6) is 0.939. The van der Waals surface area contributed by atoms with Crippen LogP contribution in [0.3, 0.4) is 0 Å². The van der Waals surface area contributed by atoms with Gasteiger partial charge < -0.3 is 15.4 Å². The summed E-state index contributed by atoms with van der Waals surface area (Å²) in [4.78, 5) is 11.7. The number of rotatable bonds is 10. The van der Waals surface area contributed by atoms with Crippen LogP contribution in [0, 0.1) is 6.92 Å². The average molecular weight is 495 g/mol. The summed E-state index contributed by atoms with van der Waals surface area (Å²) in [7, 11) is 0. The van der Waals surface area contributed by atoms with Crippen molar-refractivity contribution in [2.75, 3.05) is 52.5 Å². The van der Waals surface area contributed by atoms with E-state index in [1.54, 1.807) is 11.3 Å². The first-order valence-electron chi connectivity index (χ1n) is 9.51. The molecular weight excluding hydrogens is 461 g/mol. The molecule has 8 heteroatoms. The van der Waals surface area contributed by atoms with Gasteiger partial charge in [0, 0.05) is 50.3 Å². The fourth-order valence-corrected chi connectivity index (χ4v) is 3.60. The van der Waals surface area contributed by atoms with Gasteiger partial charge in [-0.15, -0.1) is 35.3 Å². The van der Waals surface area contributed by atoms with Crippen molar-refractivity contribution < 1.29 is 4.74 Å². The molecule has 0 bridgehead atoms. The van der Waals surface area contributed by atoms with Crippen LogP contribution in [0.2, 0.25) is 0 Å². The van der Waals surface area contributed by atoms with Crippen LogP contribution in [0.25, 0.3) is 0 Å². The first kappa shape index (κ1) is 23.6. The zero-order chi connectivity index (χ0) is 17.7. The summed E-state index contributed by atoms with van der Waals surface area (Å²) < 4.78 is 5.38. The Hall–Kier alpha value is -0.450. The maximum absolute atomic E-state index is 5.38. The molecule has 1 aromatic rings. The van der Waals surface area contributed by atoms with E-state index in [1.807, 2.05) is 0 Å². The highest BCUT2D eigenvalue weighted by atomic mass is 127. The predicted molar refractivity (Wildman–Crippen MR) is 121 cm³/mol. The van der Waals surface area contributed by atoms with E-state index in [1.165, 1.54) is 5.01 Å². The highest BCUT2D eigenvalue weighted by molar-refractivity contribution is 14.0. The Morgan fingerprint density at radius 3 is 2.77 bits per heavy atom. The summed E-state index contributed by atoms with van der Waals surface area (Å²) >= 11 is 1.77. The molecule has 0 atom stereocenters. The Kier molecular flexibility index (Phi) is 13.2. The van der Waals surface area contributed by atoms with Crippen molar-refractivity contribution in [1.29, 1.82) is 0 Å². The fraction of sp³-hybridized carbons (Fsp3) is 0.778. The SMILES string of the molecule is CCNC(=NCCCN1CCOCC1)NCCCCc1nc(C)cs1.I. The van der Waals surface area contributed by atoms with E-state index in [0.29, 0.717) is 0 Å². The second kappa shape index (κ2) is 14.6. The van der Waals surface area contributed by atoms with Crippen molar-refractivity contribution in [3.8, 4) is 0 Å². The summed E-state index contributed by atoms with van der Waals surface area (Å²) in [6, 6.07) is 0. The highest BCUT2D eigenvalue weighted by Gasteiger charge is 2.09. The van der Waals surface area contributed by atoms with E-state index in [-0.39, 0.29) is 24.0 Å². The smallest absolute Gasteiger partial charge is 0.191 e. The number of hydrogen-bond donors (Lipinski definition) is 2. The van der Waals surface area contributed by atoms with Gasteiger partial charge in [-0.05, 0) is 39.5 Å². The number of unbranched alkanes of at least 4 members (excludes halogenated alkanes) is 1. The van der Waals surface area contributed by atoms with E-state index in [9.17, 15) is 0 Å². The summed E-state index contributed by atoms with van der Waals surface area (Å²) in [5, 5.41) is 10.1. The number of morpholine rings is 1. The van der Waals surface area contributed by atoms with E-state index >= 15 is 0 Å². The molecule has 0 spiro atoms. The van der Waals surface area contributed by atoms with Gasteiger partial charge in [-0.25, -0.2) is 4.98 Å². The molecule has 0 unspecified atom stereocenters. The van der Waals surface area contributed by atoms with Gasteiger partial charge in [0.1, 0.15) is 0 Å². The van der Waals surface area contributed by atoms with Gasteiger partial charge in [0.05, 0.1) is 18.2 Å². The topological polar surface area (TPSA) is 61.8 Å². The van der Waals surface area contributed by atoms with Gasteiger partial charge in [-0.2, -0.15) is 0 Å². The molecule has 0 amide bonds. The minimum atomic E-state index is 0. The Labute approximate surface area is 179 Å². The van der Waals surface area contributed by atoms with Crippen LogP contribution >= 0.6 is 35.3 Å². The maximum atomic E-state index is 5.38. The summed E-state index contributed by atoms with van der Waals surface area (Å²) in [6.45, 7) is 11.8. The molecule has 1 aliphatic rings. The van der Waals surface area contributed by atoms with E-state index < -0.39 is 0 Å². The molecule has 1 aliphatic heterocycles. The molecule has 1 saturated heterocycles. The van der Waals surface area contributed by atoms with Crippen LogP contribution in [0.1, 0.15) is 36.9 Å². The number of aromatic nitrogens is 1. The number of thiazole rings is 1. The number of nitrogens with one attached hydrogen (secondary N) is 2. The minimum Gasteiger partial charge on any atom is -0.379 e. The highest BCUT2D eigenvalue weighted by Crippen LogP contribution is 2.11. The van der Waals surface area contributed by atoms with Crippen LogP contribution in [0.15, 0.2) is 10.4 Å². The van der Waals surface area contributed by atoms with Crippen LogP contribution in [-0.4, -0.2) is 68.3 Å². The third-order valence-electron chi connectivity index (χ3n) is 4.13. The zero-order valence-corrected chi connectivity index (χ0v) is 19.3. The third-order valence-corrected chi connectivity index (χ3v) is 5.15. The van der Waals surface area contributed by atoms with Crippen molar-refractivity contribution in [3.63, 3.8) is 0 Å². The van der Waals surface area contributed by atoms with Crippen LogP contribution in [0.4, 0.5) is 0 Å². The number of aryl methyl sites for hydroxylation is 2. The molecular formula is C18H34IN5OS. The molecule has 2 rings (SSSR count). The molecule has 2 heterocycles. The zero-order valence-electron chi connectivity index (χ0n) is 16.1. The van der Waals surface area contributed by atoms with Gasteiger partial charge in [-0.3, -0.25) is 9.89 Å². The van der Waals surface area contributed by atoms with Crippen LogP contribution < -0.4 is 10.6 Å². The Morgan fingerprint density at radius 2 is 2.08 bits per heavy atom. The van der Waals surface area contributed by atoms with E-state index in [2.05, 4.69) is 44.7 Å². The molecule has 26 heavy (non-hydrogen) atoms. The van der Waals surface area contributed by atoms with Crippen LogP contribution in [0.5, 0.6) is 0 Å². The van der Waals surface area contributed by atoms with Gasteiger partial charge in [0.2, 0.25) is 0 Å². The molecule has 0 aromatic carbocycles. The lowest BCUT2D eigenvalue weighted by atomic mass is 10.2. The molecule has 150 valence electrons. The van der Waals surface area contributed by atoms with Gasteiger partial charge in [0.15, 0.2) is 5.96 Å². The van der Waals surface area contributed by atoms with Crippen LogP contribution in [-0.2, 0) is 11.2 Å². The maximum Gasteiger partial charge on any atom is 0.191 e. The molecule has 1 fully saturated rings. The van der Waals surface area contributed by atoms with Gasteiger partial charge in [-0.1, -0.05) is 0 Å². The fourth-order valence-electron chi connectivity index (χ4n) is 2.78. The number of hydrogen-bond acceptors (Lipinski definition) is 5. The quantitative estimate of drug-likeness (QED) is 0.226. The first-order chi connectivity index (χ1) is 12.3. The minimum absolute atomic E-state index is 0. The number of aliphatic imine (C=N–C) groups is 1. The van der Waals surface area contributed by atoms with Crippen molar-refractivity contribution in [2.45, 2.75) is 39.5 Å². The molecule has 2 N–H and O–H groups in total. The van der Waals surface area contributed by atoms with Gasteiger partial charge in [0.25, 0.3) is 0 Å². The lowest BCUT2D eigenvalue weighted by molar-refractivity contribution is 0.0377. The molecule has 1 aromatic heterocycles. The van der Waals surface area contributed by atoms with E-state index in [4.69, 9.17) is 4.74 Å². The number of halogens is 1. The summed E-state index contributed by atoms with van der Waals surface area (Å²) in [5.41, 5.74) is 1.14. The number of guanidine groups is 1. The molecule has 0 saturated carbocycles. The third kappa shape index (κ3) is 10.0.